The van der Waals surface area contributed by atoms with Gasteiger partial charge in [0.05, 0.1) is 5.75 Å². The SMILES string of the molecule is CN(C)S(=O)(=O)Cc1cc(Cl)nnc1Cl.Clc1ccc(Cl)nn1. The van der Waals surface area contributed by atoms with E-state index in [2.05, 4.69) is 20.4 Å². The summed E-state index contributed by atoms with van der Waals surface area (Å²) in [6.07, 6.45) is 0. The Morgan fingerprint density at radius 3 is 1.83 bits per heavy atom. The second-order valence-corrected chi connectivity index (χ2v) is 7.90. The predicted octanol–water partition coefficient (Wildman–Crippen LogP) is 2.96. The van der Waals surface area contributed by atoms with Crippen molar-refractivity contribution >= 4 is 56.4 Å². The molecule has 0 N–H and O–H groups in total. The van der Waals surface area contributed by atoms with Crippen LogP contribution in [0.15, 0.2) is 18.2 Å². The van der Waals surface area contributed by atoms with Crippen molar-refractivity contribution in [2.24, 2.45) is 0 Å². The molecule has 0 fully saturated rings. The van der Waals surface area contributed by atoms with Gasteiger partial charge in [-0.1, -0.05) is 46.4 Å². The quantitative estimate of drug-likeness (QED) is 0.761. The van der Waals surface area contributed by atoms with E-state index in [0.29, 0.717) is 15.9 Å². The van der Waals surface area contributed by atoms with E-state index in [1.54, 1.807) is 12.1 Å². The van der Waals surface area contributed by atoms with Crippen LogP contribution < -0.4 is 0 Å². The van der Waals surface area contributed by atoms with Gasteiger partial charge < -0.3 is 0 Å². The van der Waals surface area contributed by atoms with Gasteiger partial charge in [0.1, 0.15) is 0 Å². The minimum absolute atomic E-state index is 0.0461. The van der Waals surface area contributed by atoms with Gasteiger partial charge in [-0.15, -0.1) is 20.4 Å². The zero-order valence-corrected chi connectivity index (χ0v) is 15.8. The van der Waals surface area contributed by atoms with Crippen LogP contribution >= 0.6 is 46.4 Å². The van der Waals surface area contributed by atoms with Crippen LogP contribution in [0.4, 0.5) is 0 Å². The fraction of sp³-hybridized carbons (Fsp3) is 0.273. The maximum Gasteiger partial charge on any atom is 0.217 e. The first-order chi connectivity index (χ1) is 10.6. The number of aromatic nitrogens is 4. The topological polar surface area (TPSA) is 88.9 Å². The highest BCUT2D eigenvalue weighted by Gasteiger charge is 2.17. The lowest BCUT2D eigenvalue weighted by Gasteiger charge is -2.11. The molecule has 0 spiro atoms. The number of halogens is 4. The predicted molar refractivity (Wildman–Crippen MR) is 90.4 cm³/mol. The summed E-state index contributed by atoms with van der Waals surface area (Å²) in [5.74, 6) is -0.242. The third kappa shape index (κ3) is 7.11. The summed E-state index contributed by atoms with van der Waals surface area (Å²) < 4.78 is 24.2. The summed E-state index contributed by atoms with van der Waals surface area (Å²) >= 11 is 22.0. The van der Waals surface area contributed by atoms with Crippen molar-refractivity contribution in [3.05, 3.63) is 44.4 Å². The molecule has 0 unspecified atom stereocenters. The fourth-order valence-corrected chi connectivity index (χ4v) is 2.60. The van der Waals surface area contributed by atoms with Crippen LogP contribution in [-0.4, -0.2) is 47.2 Å². The van der Waals surface area contributed by atoms with Crippen molar-refractivity contribution in [3.8, 4) is 0 Å². The Morgan fingerprint density at radius 1 is 0.913 bits per heavy atom. The van der Waals surface area contributed by atoms with Gasteiger partial charge in [-0.05, 0) is 18.2 Å². The molecule has 0 aromatic carbocycles. The Bertz CT molecular complexity index is 735. The average Bonchev–Trinajstić information content (AvgIpc) is 2.46. The molecular formula is C11H11Cl4N5O2S. The van der Waals surface area contributed by atoms with E-state index in [9.17, 15) is 8.42 Å². The van der Waals surface area contributed by atoms with E-state index in [1.165, 1.54) is 20.2 Å². The zero-order chi connectivity index (χ0) is 17.6. The van der Waals surface area contributed by atoms with Crippen LogP contribution in [-0.2, 0) is 15.8 Å². The highest BCUT2D eigenvalue weighted by atomic mass is 35.5. The summed E-state index contributed by atoms with van der Waals surface area (Å²) in [4.78, 5) is 0. The van der Waals surface area contributed by atoms with Crippen LogP contribution in [0.5, 0.6) is 0 Å². The second kappa shape index (κ2) is 8.91. The molecule has 0 aliphatic heterocycles. The minimum Gasteiger partial charge on any atom is -0.212 e. The molecule has 7 nitrogen and oxygen atoms in total. The average molecular weight is 419 g/mol. The first kappa shape index (κ1) is 20.3. The molecule has 126 valence electrons. The maximum absolute atomic E-state index is 11.5. The molecular weight excluding hydrogens is 408 g/mol. The highest BCUT2D eigenvalue weighted by Crippen LogP contribution is 2.18. The number of rotatable bonds is 3. The fourth-order valence-electron chi connectivity index (χ4n) is 1.11. The Labute approximate surface area is 153 Å². The smallest absolute Gasteiger partial charge is 0.212 e. The first-order valence-electron chi connectivity index (χ1n) is 5.84. The third-order valence-electron chi connectivity index (χ3n) is 2.29. The van der Waals surface area contributed by atoms with E-state index in [0.717, 1.165) is 4.31 Å². The van der Waals surface area contributed by atoms with Gasteiger partial charge in [-0.2, -0.15) is 0 Å². The van der Waals surface area contributed by atoms with Crippen molar-refractivity contribution in [2.45, 2.75) is 5.75 Å². The van der Waals surface area contributed by atoms with Crippen LogP contribution in [0.25, 0.3) is 0 Å². The van der Waals surface area contributed by atoms with Crippen molar-refractivity contribution in [1.82, 2.24) is 24.7 Å². The molecule has 23 heavy (non-hydrogen) atoms. The molecule has 0 aliphatic carbocycles. The molecule has 2 aromatic rings. The standard InChI is InChI=1S/C7H9Cl2N3O2S.C4H2Cl2N2/c1-12(2)15(13,14)4-5-3-6(8)10-11-7(5)9;5-3-1-2-4(6)8-7-3/h3H,4H2,1-2H3;1-2H. The number of sulfonamides is 1. The molecule has 0 aliphatic rings. The van der Waals surface area contributed by atoms with Gasteiger partial charge in [0.2, 0.25) is 10.0 Å². The van der Waals surface area contributed by atoms with Crippen molar-refractivity contribution in [1.29, 1.82) is 0 Å². The summed E-state index contributed by atoms with van der Waals surface area (Å²) in [7, 11) is -0.480. The second-order valence-electron chi connectivity index (χ2n) is 4.20. The summed E-state index contributed by atoms with van der Waals surface area (Å²) in [6, 6.07) is 4.55. The highest BCUT2D eigenvalue weighted by molar-refractivity contribution is 7.88. The molecule has 2 heterocycles. The van der Waals surface area contributed by atoms with Crippen molar-refractivity contribution in [3.63, 3.8) is 0 Å². The lowest BCUT2D eigenvalue weighted by atomic mass is 10.3. The molecule has 12 heteroatoms. The van der Waals surface area contributed by atoms with E-state index >= 15 is 0 Å². The number of nitrogens with zero attached hydrogens (tertiary/aromatic N) is 5. The lowest BCUT2D eigenvalue weighted by molar-refractivity contribution is 0.519. The first-order valence-corrected chi connectivity index (χ1v) is 8.96. The van der Waals surface area contributed by atoms with Gasteiger partial charge in [0.25, 0.3) is 0 Å². The summed E-state index contributed by atoms with van der Waals surface area (Å²) in [5.41, 5.74) is 0.338. The normalized spacial score (nSPS) is 11.1. The Kier molecular flexibility index (Phi) is 7.85. The molecule has 0 bridgehead atoms. The largest absolute Gasteiger partial charge is 0.217 e. The summed E-state index contributed by atoms with van der Waals surface area (Å²) in [6.45, 7) is 0. The Balaban J connectivity index is 0.000000277. The third-order valence-corrected chi connectivity index (χ3v) is 4.98. The number of hydrogen-bond acceptors (Lipinski definition) is 6. The van der Waals surface area contributed by atoms with Gasteiger partial charge in [0.15, 0.2) is 20.6 Å². The molecule has 0 atom stereocenters. The Morgan fingerprint density at radius 2 is 1.39 bits per heavy atom. The zero-order valence-electron chi connectivity index (χ0n) is 11.9. The molecule has 2 aromatic heterocycles. The van der Waals surface area contributed by atoms with E-state index in [1.807, 2.05) is 0 Å². The van der Waals surface area contributed by atoms with Crippen LogP contribution in [0, 0.1) is 0 Å². The molecule has 0 saturated heterocycles. The van der Waals surface area contributed by atoms with Gasteiger partial charge >= 0.3 is 0 Å². The van der Waals surface area contributed by atoms with Gasteiger partial charge in [-0.25, -0.2) is 12.7 Å². The van der Waals surface area contributed by atoms with E-state index in [-0.39, 0.29) is 16.1 Å². The van der Waals surface area contributed by atoms with Crippen molar-refractivity contribution in [2.75, 3.05) is 14.1 Å². The molecule has 0 radical (unpaired) electrons. The van der Waals surface area contributed by atoms with Gasteiger partial charge in [0, 0.05) is 19.7 Å². The lowest BCUT2D eigenvalue weighted by Crippen LogP contribution is -2.24. The monoisotopic (exact) mass is 417 g/mol. The molecule has 0 amide bonds. The van der Waals surface area contributed by atoms with E-state index in [4.69, 9.17) is 46.4 Å². The molecule has 0 saturated carbocycles. The Hall–Kier alpha value is -0.770. The maximum atomic E-state index is 11.5. The van der Waals surface area contributed by atoms with E-state index < -0.39 is 10.0 Å². The number of hydrogen-bond donors (Lipinski definition) is 0. The summed E-state index contributed by atoms with van der Waals surface area (Å²) in [5, 5.41) is 14.8. The van der Waals surface area contributed by atoms with Crippen LogP contribution in [0.2, 0.25) is 20.6 Å². The van der Waals surface area contributed by atoms with Gasteiger partial charge in [-0.3, -0.25) is 0 Å². The van der Waals surface area contributed by atoms with Crippen LogP contribution in [0.3, 0.4) is 0 Å². The molecule has 2 rings (SSSR count). The van der Waals surface area contributed by atoms with Crippen molar-refractivity contribution < 1.29 is 8.42 Å². The minimum atomic E-state index is -3.37. The van der Waals surface area contributed by atoms with Crippen LogP contribution in [0.1, 0.15) is 5.56 Å².